The van der Waals surface area contributed by atoms with E-state index in [0.717, 1.165) is 12.0 Å². The van der Waals surface area contributed by atoms with Gasteiger partial charge in [0.25, 0.3) is 0 Å². The van der Waals surface area contributed by atoms with Crippen LogP contribution in [0.4, 0.5) is 0 Å². The Hall–Kier alpha value is -0.0400. The number of hydrogen-bond donors (Lipinski definition) is 0. The van der Waals surface area contributed by atoms with Crippen molar-refractivity contribution in [1.82, 2.24) is 4.90 Å². The van der Waals surface area contributed by atoms with Crippen LogP contribution in [-0.4, -0.2) is 24.0 Å². The monoisotopic (exact) mass is 183 g/mol. The van der Waals surface area contributed by atoms with Gasteiger partial charge in [0.05, 0.1) is 0 Å². The second-order valence-corrected chi connectivity index (χ2v) is 4.46. The van der Waals surface area contributed by atoms with Gasteiger partial charge in [-0.2, -0.15) is 0 Å². The van der Waals surface area contributed by atoms with Gasteiger partial charge in [-0.1, -0.05) is 39.5 Å². The average Bonchev–Trinajstić information content (AvgIpc) is 2.59. The summed E-state index contributed by atoms with van der Waals surface area (Å²) in [4.78, 5) is 2.58. The Bertz CT molecular complexity index is 123. The molecule has 78 valence electrons. The summed E-state index contributed by atoms with van der Waals surface area (Å²) in [6.45, 7) is 9.36. The van der Waals surface area contributed by atoms with Crippen molar-refractivity contribution in [1.29, 1.82) is 0 Å². The van der Waals surface area contributed by atoms with Crippen molar-refractivity contribution in [3.8, 4) is 0 Å². The molecule has 1 saturated carbocycles. The molecule has 13 heavy (non-hydrogen) atoms. The van der Waals surface area contributed by atoms with E-state index >= 15 is 0 Å². The smallest absolute Gasteiger partial charge is 0.00693 e. The van der Waals surface area contributed by atoms with E-state index in [1.807, 2.05) is 0 Å². The summed E-state index contributed by atoms with van der Waals surface area (Å²) in [5.41, 5.74) is 0. The minimum Gasteiger partial charge on any atom is -0.301 e. The average molecular weight is 183 g/mol. The molecule has 1 atom stereocenters. The van der Waals surface area contributed by atoms with E-state index in [1.165, 1.54) is 45.2 Å². The van der Waals surface area contributed by atoms with Gasteiger partial charge in [0, 0.05) is 6.04 Å². The topological polar surface area (TPSA) is 3.24 Å². The molecule has 0 aromatic rings. The summed E-state index contributed by atoms with van der Waals surface area (Å²) >= 11 is 0. The lowest BCUT2D eigenvalue weighted by Gasteiger charge is -2.28. The molecule has 1 rings (SSSR count). The molecule has 0 bridgehead atoms. The standard InChI is InChI=1S/C12H25N/c1-4-13(5-2)11(3)10-12-8-6-7-9-12/h11-12H,4-10H2,1-3H3. The lowest BCUT2D eigenvalue weighted by Crippen LogP contribution is -2.33. The summed E-state index contributed by atoms with van der Waals surface area (Å²) in [5, 5.41) is 0. The summed E-state index contributed by atoms with van der Waals surface area (Å²) in [6.07, 6.45) is 7.38. The van der Waals surface area contributed by atoms with E-state index in [4.69, 9.17) is 0 Å². The molecule has 0 spiro atoms. The first kappa shape index (κ1) is 11.0. The Labute approximate surface area is 83.5 Å². The van der Waals surface area contributed by atoms with Crippen molar-refractivity contribution in [3.63, 3.8) is 0 Å². The van der Waals surface area contributed by atoms with Gasteiger partial charge in [-0.15, -0.1) is 0 Å². The fraction of sp³-hybridized carbons (Fsp3) is 1.00. The highest BCUT2D eigenvalue weighted by Crippen LogP contribution is 2.29. The fourth-order valence-electron chi connectivity index (χ4n) is 2.72. The zero-order valence-electron chi connectivity index (χ0n) is 9.55. The van der Waals surface area contributed by atoms with Crippen LogP contribution in [0.3, 0.4) is 0 Å². The first-order valence-corrected chi connectivity index (χ1v) is 6.02. The van der Waals surface area contributed by atoms with Crippen molar-refractivity contribution < 1.29 is 0 Å². The van der Waals surface area contributed by atoms with E-state index in [-0.39, 0.29) is 0 Å². The van der Waals surface area contributed by atoms with Crippen LogP contribution in [-0.2, 0) is 0 Å². The van der Waals surface area contributed by atoms with Crippen molar-refractivity contribution in [3.05, 3.63) is 0 Å². The van der Waals surface area contributed by atoms with Gasteiger partial charge in [0.1, 0.15) is 0 Å². The maximum Gasteiger partial charge on any atom is 0.00693 e. The second kappa shape index (κ2) is 5.64. The van der Waals surface area contributed by atoms with Gasteiger partial charge in [-0.05, 0) is 32.4 Å². The van der Waals surface area contributed by atoms with E-state index < -0.39 is 0 Å². The number of hydrogen-bond acceptors (Lipinski definition) is 1. The molecule has 0 radical (unpaired) electrons. The third-order valence-electron chi connectivity index (χ3n) is 3.58. The zero-order chi connectivity index (χ0) is 9.68. The van der Waals surface area contributed by atoms with E-state index in [0.29, 0.717) is 0 Å². The van der Waals surface area contributed by atoms with Crippen LogP contribution in [0.15, 0.2) is 0 Å². The third kappa shape index (κ3) is 3.30. The van der Waals surface area contributed by atoms with Gasteiger partial charge in [0.2, 0.25) is 0 Å². The van der Waals surface area contributed by atoms with Crippen LogP contribution in [0.25, 0.3) is 0 Å². The lowest BCUT2D eigenvalue weighted by atomic mass is 9.98. The lowest BCUT2D eigenvalue weighted by molar-refractivity contribution is 0.199. The molecule has 0 amide bonds. The molecule has 0 aromatic heterocycles. The first-order chi connectivity index (χ1) is 6.27. The summed E-state index contributed by atoms with van der Waals surface area (Å²) < 4.78 is 0. The fourth-order valence-corrected chi connectivity index (χ4v) is 2.72. The quantitative estimate of drug-likeness (QED) is 0.632. The predicted octanol–water partition coefficient (Wildman–Crippen LogP) is 3.30. The Morgan fingerprint density at radius 2 is 1.69 bits per heavy atom. The highest BCUT2D eigenvalue weighted by molar-refractivity contribution is 4.74. The number of nitrogens with zero attached hydrogens (tertiary/aromatic N) is 1. The predicted molar refractivity (Wildman–Crippen MR) is 59.0 cm³/mol. The van der Waals surface area contributed by atoms with Crippen molar-refractivity contribution >= 4 is 0 Å². The van der Waals surface area contributed by atoms with E-state index in [1.54, 1.807) is 0 Å². The van der Waals surface area contributed by atoms with E-state index in [2.05, 4.69) is 25.7 Å². The minimum atomic E-state index is 0.804. The van der Waals surface area contributed by atoms with Crippen LogP contribution in [0, 0.1) is 5.92 Å². The summed E-state index contributed by atoms with van der Waals surface area (Å²) in [6, 6.07) is 0.804. The molecular weight excluding hydrogens is 158 g/mol. The highest BCUT2D eigenvalue weighted by Gasteiger charge is 2.19. The van der Waals surface area contributed by atoms with Crippen molar-refractivity contribution in [2.24, 2.45) is 5.92 Å². The molecule has 0 heterocycles. The van der Waals surface area contributed by atoms with Gasteiger partial charge in [0.15, 0.2) is 0 Å². The molecule has 1 heteroatoms. The van der Waals surface area contributed by atoms with Crippen LogP contribution in [0.1, 0.15) is 52.9 Å². The maximum atomic E-state index is 2.58. The normalized spacial score (nSPS) is 21.2. The molecule has 1 nitrogen and oxygen atoms in total. The Kier molecular flexibility index (Phi) is 4.79. The maximum absolute atomic E-state index is 2.58. The Balaban J connectivity index is 2.25. The zero-order valence-corrected chi connectivity index (χ0v) is 9.55. The van der Waals surface area contributed by atoms with Gasteiger partial charge >= 0.3 is 0 Å². The molecule has 1 aliphatic rings. The molecule has 0 saturated heterocycles. The van der Waals surface area contributed by atoms with Crippen LogP contribution in [0.2, 0.25) is 0 Å². The second-order valence-electron chi connectivity index (χ2n) is 4.46. The molecular formula is C12H25N. The van der Waals surface area contributed by atoms with Crippen LogP contribution >= 0.6 is 0 Å². The SMILES string of the molecule is CCN(CC)C(C)CC1CCCC1. The molecule has 0 aromatic carbocycles. The third-order valence-corrected chi connectivity index (χ3v) is 3.58. The largest absolute Gasteiger partial charge is 0.301 e. The number of rotatable bonds is 5. The minimum absolute atomic E-state index is 0.804. The molecule has 1 fully saturated rings. The Morgan fingerprint density at radius 1 is 1.15 bits per heavy atom. The molecule has 1 unspecified atom stereocenters. The van der Waals surface area contributed by atoms with Gasteiger partial charge in [-0.3, -0.25) is 0 Å². The molecule has 0 aliphatic heterocycles. The summed E-state index contributed by atoms with van der Waals surface area (Å²) in [7, 11) is 0. The van der Waals surface area contributed by atoms with Crippen LogP contribution in [0.5, 0.6) is 0 Å². The molecule has 1 aliphatic carbocycles. The summed E-state index contributed by atoms with van der Waals surface area (Å²) in [5.74, 6) is 1.04. The van der Waals surface area contributed by atoms with Crippen molar-refractivity contribution in [2.75, 3.05) is 13.1 Å². The van der Waals surface area contributed by atoms with Crippen LogP contribution < -0.4 is 0 Å². The highest BCUT2D eigenvalue weighted by atomic mass is 15.1. The van der Waals surface area contributed by atoms with Gasteiger partial charge < -0.3 is 4.90 Å². The molecule has 0 N–H and O–H groups in total. The first-order valence-electron chi connectivity index (χ1n) is 6.02. The Morgan fingerprint density at radius 3 is 2.15 bits per heavy atom. The van der Waals surface area contributed by atoms with E-state index in [9.17, 15) is 0 Å². The van der Waals surface area contributed by atoms with Crippen molar-refractivity contribution in [2.45, 2.75) is 58.9 Å². The van der Waals surface area contributed by atoms with Gasteiger partial charge in [-0.25, -0.2) is 0 Å².